The Labute approximate surface area is 354 Å². The summed E-state index contributed by atoms with van der Waals surface area (Å²) in [5.41, 5.74) is 7.20. The largest absolute Gasteiger partial charge is 0.511 e. The number of aliphatic imine (C=N–C) groups is 1. The first-order chi connectivity index (χ1) is 29.2. The number of hydrogen-bond acceptors (Lipinski definition) is 13. The van der Waals surface area contributed by atoms with Gasteiger partial charge in [0.05, 0.1) is 20.3 Å². The summed E-state index contributed by atoms with van der Waals surface area (Å²) in [7, 11) is 1.43. The van der Waals surface area contributed by atoms with Crippen molar-refractivity contribution in [1.82, 2.24) is 10.3 Å². The van der Waals surface area contributed by atoms with Crippen LogP contribution in [0.15, 0.2) is 60.1 Å². The third-order valence-corrected chi connectivity index (χ3v) is 9.56. The Morgan fingerprint density at radius 2 is 1.75 bits per heavy atom. The van der Waals surface area contributed by atoms with E-state index >= 15 is 0 Å². The molecule has 3 aromatic rings. The van der Waals surface area contributed by atoms with Crippen molar-refractivity contribution in [3.8, 4) is 16.9 Å². The highest BCUT2D eigenvalue weighted by Gasteiger charge is 2.34. The Kier molecular flexibility index (Phi) is 16.0. The van der Waals surface area contributed by atoms with Crippen LogP contribution in [0.4, 0.5) is 15.3 Å². The molecule has 1 aliphatic carbocycles. The molecule has 17 nitrogen and oxygen atoms in total. The van der Waals surface area contributed by atoms with E-state index < -0.39 is 48.2 Å². The maximum atomic E-state index is 14.1. The normalized spacial score (nSPS) is 16.1. The Hall–Kier alpha value is -6.33. The first-order valence-electron chi connectivity index (χ1n) is 20.1. The molecule has 2 fully saturated rings. The molecule has 1 aliphatic heterocycles. The van der Waals surface area contributed by atoms with E-state index in [2.05, 4.69) is 34.1 Å². The number of hydrogen-bond donors (Lipinski definition) is 3. The van der Waals surface area contributed by atoms with Gasteiger partial charge in [-0.15, -0.1) is 0 Å². The van der Waals surface area contributed by atoms with E-state index in [0.29, 0.717) is 35.0 Å². The quantitative estimate of drug-likeness (QED) is 0.0275. The summed E-state index contributed by atoms with van der Waals surface area (Å²) in [6.45, 7) is 11.4. The molecule has 1 saturated heterocycles. The highest BCUT2D eigenvalue weighted by molar-refractivity contribution is 6.11. The Morgan fingerprint density at radius 3 is 2.41 bits per heavy atom. The number of carbonyl (C=O) groups excluding carboxylic acids is 5. The Bertz CT molecular complexity index is 2120. The summed E-state index contributed by atoms with van der Waals surface area (Å²) >= 11 is 0. The van der Waals surface area contributed by atoms with Gasteiger partial charge in [-0.2, -0.15) is 4.99 Å². The number of unbranched alkanes of at least 4 members (excludes halogenated alkanes) is 3. The summed E-state index contributed by atoms with van der Waals surface area (Å²) in [5.74, 6) is -2.40. The topological polar surface area (TPSA) is 225 Å². The van der Waals surface area contributed by atoms with E-state index in [0.717, 1.165) is 38.5 Å². The second kappa shape index (κ2) is 21.3. The van der Waals surface area contributed by atoms with Gasteiger partial charge < -0.3 is 49.5 Å². The van der Waals surface area contributed by atoms with Crippen LogP contribution in [0.1, 0.15) is 109 Å². The highest BCUT2D eigenvalue weighted by atomic mass is 16.8. The van der Waals surface area contributed by atoms with Crippen LogP contribution in [0.2, 0.25) is 0 Å². The maximum absolute atomic E-state index is 14.1. The number of pyridine rings is 1. The number of aromatic nitrogens is 1. The summed E-state index contributed by atoms with van der Waals surface area (Å²) in [6.07, 6.45) is 3.37. The molecule has 2 unspecified atom stereocenters. The van der Waals surface area contributed by atoms with E-state index in [4.69, 9.17) is 38.9 Å². The highest BCUT2D eigenvalue weighted by Crippen LogP contribution is 2.35. The monoisotopic (exact) mass is 843 g/mol. The molecule has 17 heteroatoms. The van der Waals surface area contributed by atoms with Crippen molar-refractivity contribution < 1.29 is 57.1 Å². The number of nitrogens with one attached hydrogen (secondary N) is 2. The lowest BCUT2D eigenvalue weighted by atomic mass is 9.94. The molecule has 326 valence electrons. The molecule has 2 aromatic carbocycles. The SMILES string of the molecule is C=Cc1cc(C(=O)Nc2ccc(C(N)=NC(=O)OCCCCCC)cc2)c(-c2ccc(C(=O)NCC3CC3)nc2C(=O)OC(C)OC(=O)OCC2COC(C)(C)O2)cc1OC. The number of nitrogens with two attached hydrogens (primary N) is 1. The number of nitrogens with zero attached hydrogens (tertiary/aromatic N) is 2. The van der Waals surface area contributed by atoms with Crippen molar-refractivity contribution in [3.63, 3.8) is 0 Å². The molecule has 4 N–H and O–H groups in total. The molecule has 1 aromatic heterocycles. The average Bonchev–Trinajstić information content (AvgIpc) is 4.01. The van der Waals surface area contributed by atoms with Gasteiger partial charge in [-0.1, -0.05) is 38.8 Å². The number of ether oxygens (including phenoxy) is 7. The minimum atomic E-state index is -1.47. The molecule has 3 amide bonds. The van der Waals surface area contributed by atoms with Gasteiger partial charge in [0.1, 0.15) is 30.0 Å². The van der Waals surface area contributed by atoms with Crippen LogP contribution >= 0.6 is 0 Å². The zero-order valence-electron chi connectivity index (χ0n) is 35.1. The van der Waals surface area contributed by atoms with E-state index in [1.807, 2.05) is 0 Å². The van der Waals surface area contributed by atoms with Crippen molar-refractivity contribution in [1.29, 1.82) is 0 Å². The van der Waals surface area contributed by atoms with Crippen molar-refractivity contribution in [3.05, 3.63) is 83.2 Å². The number of rotatable bonds is 19. The lowest BCUT2D eigenvalue weighted by molar-refractivity contribution is -0.145. The predicted molar refractivity (Wildman–Crippen MR) is 224 cm³/mol. The summed E-state index contributed by atoms with van der Waals surface area (Å²) < 4.78 is 37.7. The molecule has 1 saturated carbocycles. The molecular formula is C44H53N5O12. The van der Waals surface area contributed by atoms with Gasteiger partial charge in [-0.05, 0) is 87.6 Å². The number of methoxy groups -OCH3 is 1. The molecule has 2 aliphatic rings. The van der Waals surface area contributed by atoms with Crippen LogP contribution < -0.4 is 21.1 Å². The van der Waals surface area contributed by atoms with Gasteiger partial charge in [0.15, 0.2) is 11.5 Å². The van der Waals surface area contributed by atoms with Gasteiger partial charge >= 0.3 is 18.2 Å². The Balaban J connectivity index is 1.39. The average molecular weight is 844 g/mol. The van der Waals surface area contributed by atoms with Crippen LogP contribution in [0.5, 0.6) is 5.75 Å². The third-order valence-electron chi connectivity index (χ3n) is 9.56. The lowest BCUT2D eigenvalue weighted by Gasteiger charge is -2.19. The van der Waals surface area contributed by atoms with Gasteiger partial charge in [-0.25, -0.2) is 19.4 Å². The van der Waals surface area contributed by atoms with Crippen molar-refractivity contribution in [2.24, 2.45) is 16.6 Å². The van der Waals surface area contributed by atoms with E-state index in [1.54, 1.807) is 38.1 Å². The first kappa shape index (κ1) is 45.7. The molecule has 2 atom stereocenters. The molecular weight excluding hydrogens is 791 g/mol. The van der Waals surface area contributed by atoms with Crippen LogP contribution in [-0.4, -0.2) is 92.5 Å². The second-order valence-electron chi connectivity index (χ2n) is 14.9. The minimum Gasteiger partial charge on any atom is -0.496 e. The molecule has 0 radical (unpaired) electrons. The molecule has 5 rings (SSSR count). The maximum Gasteiger partial charge on any atom is 0.511 e. The molecule has 0 spiro atoms. The van der Waals surface area contributed by atoms with Crippen molar-refractivity contribution >= 4 is 47.6 Å². The lowest BCUT2D eigenvalue weighted by Crippen LogP contribution is -2.29. The van der Waals surface area contributed by atoms with Crippen LogP contribution in [0.25, 0.3) is 17.2 Å². The van der Waals surface area contributed by atoms with Gasteiger partial charge in [0.25, 0.3) is 11.8 Å². The fourth-order valence-electron chi connectivity index (χ4n) is 6.16. The van der Waals surface area contributed by atoms with Gasteiger partial charge in [0.2, 0.25) is 6.29 Å². The Morgan fingerprint density at radius 1 is 1.00 bits per heavy atom. The van der Waals surface area contributed by atoms with E-state index in [1.165, 1.54) is 44.4 Å². The fourth-order valence-corrected chi connectivity index (χ4v) is 6.16. The van der Waals surface area contributed by atoms with Crippen molar-refractivity contribution in [2.75, 3.05) is 38.8 Å². The number of benzene rings is 2. The second-order valence-corrected chi connectivity index (χ2v) is 14.9. The summed E-state index contributed by atoms with van der Waals surface area (Å²) in [4.78, 5) is 74.1. The third kappa shape index (κ3) is 13.3. The van der Waals surface area contributed by atoms with Crippen LogP contribution in [-0.2, 0) is 28.4 Å². The van der Waals surface area contributed by atoms with Gasteiger partial charge in [0, 0.05) is 47.0 Å². The number of amides is 3. The first-order valence-corrected chi connectivity index (χ1v) is 20.1. The molecule has 0 bridgehead atoms. The van der Waals surface area contributed by atoms with Gasteiger partial charge in [-0.3, -0.25) is 9.59 Å². The number of anilines is 1. The number of carbonyl (C=O) groups is 5. The van der Waals surface area contributed by atoms with E-state index in [-0.39, 0.29) is 53.7 Å². The van der Waals surface area contributed by atoms with Crippen molar-refractivity contribution in [2.45, 2.75) is 84.4 Å². The fraction of sp³-hybridized carbons (Fsp3) is 0.432. The zero-order valence-corrected chi connectivity index (χ0v) is 35.1. The van der Waals surface area contributed by atoms with Crippen LogP contribution in [0, 0.1) is 5.92 Å². The number of amidine groups is 1. The number of esters is 1. The zero-order chi connectivity index (χ0) is 44.1. The predicted octanol–water partition coefficient (Wildman–Crippen LogP) is 7.02. The van der Waals surface area contributed by atoms with Crippen LogP contribution in [0.3, 0.4) is 0 Å². The van der Waals surface area contributed by atoms with E-state index in [9.17, 15) is 24.0 Å². The minimum absolute atomic E-state index is 0.0596. The summed E-state index contributed by atoms with van der Waals surface area (Å²) in [6, 6.07) is 12.2. The molecule has 2 heterocycles. The standard InChI is InChI=1S/C44H53N5O12/c1-7-9-10-11-20-56-42(53)49-38(45)29-14-16-30(17-15-29)47-39(50)34-21-28(8-2)36(55-6)22-33(34)32-18-19-35(40(51)46-23-27-12-13-27)48-37(32)41(52)59-26(3)60-43(54)57-24-31-25-58-44(4,5)61-31/h8,14-19,21-22,26-27,31H,2,7,9-13,20,23-25H2,1,3-6H3,(H,46,51)(H,47,50)(H2,45,49,53). The molecule has 61 heavy (non-hydrogen) atoms. The summed E-state index contributed by atoms with van der Waals surface area (Å²) in [5, 5.41) is 5.66. The smallest absolute Gasteiger partial charge is 0.496 e.